The van der Waals surface area contributed by atoms with Gasteiger partial charge in [-0.05, 0) is 43.8 Å². The lowest BCUT2D eigenvalue weighted by Crippen LogP contribution is -2.24. The first kappa shape index (κ1) is 21.5. The highest BCUT2D eigenvalue weighted by Gasteiger charge is 2.16. The largest absolute Gasteiger partial charge is 0.348 e. The molecular weight excluding hydrogens is 414 g/mol. The molecule has 30 heavy (non-hydrogen) atoms. The molecule has 0 saturated carbocycles. The quantitative estimate of drug-likeness (QED) is 0.624. The van der Waals surface area contributed by atoms with Crippen molar-refractivity contribution in [2.75, 3.05) is 7.05 Å². The molecule has 2 aromatic carbocycles. The number of aromatic nitrogens is 2. The van der Waals surface area contributed by atoms with Crippen LogP contribution in [0.1, 0.15) is 21.6 Å². The van der Waals surface area contributed by atoms with Gasteiger partial charge in [-0.2, -0.15) is 0 Å². The number of aryl methyl sites for hydroxylation is 1. The lowest BCUT2D eigenvalue weighted by atomic mass is 10.1. The molecule has 0 saturated heterocycles. The molecule has 1 heterocycles. The van der Waals surface area contributed by atoms with Gasteiger partial charge in [-0.15, -0.1) is 0 Å². The molecule has 0 atom stereocenters. The van der Waals surface area contributed by atoms with Crippen LogP contribution in [0, 0.1) is 18.6 Å². The number of rotatable bonds is 6. The van der Waals surface area contributed by atoms with E-state index in [9.17, 15) is 22.0 Å². The molecule has 156 valence electrons. The topological polar surface area (TPSA) is 101 Å². The molecule has 2 N–H and O–H groups in total. The molecule has 0 bridgehead atoms. The Balaban J connectivity index is 1.76. The summed E-state index contributed by atoms with van der Waals surface area (Å²) in [6.07, 6.45) is 1.26. The van der Waals surface area contributed by atoms with Gasteiger partial charge in [-0.25, -0.2) is 31.9 Å². The number of nitrogens with one attached hydrogen (secondary N) is 2. The van der Waals surface area contributed by atoms with Crippen molar-refractivity contribution in [2.45, 2.75) is 18.4 Å². The third kappa shape index (κ3) is 4.66. The molecule has 0 fully saturated rings. The number of nitrogens with zero attached hydrogens (tertiary/aromatic N) is 2. The van der Waals surface area contributed by atoms with Crippen LogP contribution in [0.25, 0.3) is 11.4 Å². The van der Waals surface area contributed by atoms with Crippen LogP contribution in [0.4, 0.5) is 8.78 Å². The number of benzene rings is 2. The summed E-state index contributed by atoms with van der Waals surface area (Å²) in [5, 5.41) is 2.67. The Hall–Kier alpha value is -3.24. The molecule has 1 amide bonds. The molecule has 0 aliphatic carbocycles. The minimum Gasteiger partial charge on any atom is -0.348 e. The second kappa shape index (κ2) is 8.64. The molecule has 1 aromatic heterocycles. The molecule has 0 aliphatic rings. The van der Waals surface area contributed by atoms with Crippen molar-refractivity contribution in [3.63, 3.8) is 0 Å². The van der Waals surface area contributed by atoms with Crippen molar-refractivity contribution >= 4 is 15.9 Å². The third-order valence-electron chi connectivity index (χ3n) is 4.33. The molecule has 3 aromatic rings. The molecular formula is C20H18F2N4O3S. The van der Waals surface area contributed by atoms with Crippen LogP contribution in [-0.4, -0.2) is 31.3 Å². The van der Waals surface area contributed by atoms with E-state index in [1.165, 1.54) is 31.4 Å². The van der Waals surface area contributed by atoms with E-state index in [4.69, 9.17) is 0 Å². The van der Waals surface area contributed by atoms with E-state index in [2.05, 4.69) is 20.0 Å². The summed E-state index contributed by atoms with van der Waals surface area (Å²) >= 11 is 0. The summed E-state index contributed by atoms with van der Waals surface area (Å²) in [4.78, 5) is 20.7. The SMILES string of the molecule is CNS(=O)(=O)c1cccc(CNC(=O)c2cnc(-c3ccc(F)cc3F)nc2C)c1. The molecule has 3 rings (SSSR count). The Morgan fingerprint density at radius 3 is 2.57 bits per heavy atom. The Morgan fingerprint density at radius 1 is 1.13 bits per heavy atom. The lowest BCUT2D eigenvalue weighted by Gasteiger charge is -2.10. The Labute approximate surface area is 172 Å². The van der Waals surface area contributed by atoms with E-state index >= 15 is 0 Å². The van der Waals surface area contributed by atoms with Gasteiger partial charge in [-0.1, -0.05) is 12.1 Å². The molecule has 0 unspecified atom stereocenters. The first-order valence-electron chi connectivity index (χ1n) is 8.81. The number of sulfonamides is 1. The predicted molar refractivity (Wildman–Crippen MR) is 106 cm³/mol. The normalized spacial score (nSPS) is 11.3. The van der Waals surface area contributed by atoms with Crippen LogP contribution < -0.4 is 10.0 Å². The van der Waals surface area contributed by atoms with Crippen LogP contribution in [0.5, 0.6) is 0 Å². The van der Waals surface area contributed by atoms with E-state index in [0.717, 1.165) is 12.1 Å². The minimum absolute atomic E-state index is 0.0222. The van der Waals surface area contributed by atoms with Crippen LogP contribution in [0.3, 0.4) is 0 Å². The van der Waals surface area contributed by atoms with Crippen LogP contribution in [0.15, 0.2) is 53.6 Å². The van der Waals surface area contributed by atoms with Gasteiger partial charge in [0.05, 0.1) is 21.7 Å². The van der Waals surface area contributed by atoms with E-state index in [-0.39, 0.29) is 28.4 Å². The van der Waals surface area contributed by atoms with Crippen molar-refractivity contribution in [1.29, 1.82) is 0 Å². The summed E-state index contributed by atoms with van der Waals surface area (Å²) in [6.45, 7) is 1.65. The lowest BCUT2D eigenvalue weighted by molar-refractivity contribution is 0.0949. The number of amides is 1. The monoisotopic (exact) mass is 432 g/mol. The van der Waals surface area contributed by atoms with Gasteiger partial charge in [0.2, 0.25) is 10.0 Å². The van der Waals surface area contributed by atoms with Gasteiger partial charge in [0, 0.05) is 18.8 Å². The zero-order chi connectivity index (χ0) is 21.9. The number of hydrogen-bond donors (Lipinski definition) is 2. The zero-order valence-electron chi connectivity index (χ0n) is 16.1. The zero-order valence-corrected chi connectivity index (χ0v) is 16.9. The fraction of sp³-hybridized carbons (Fsp3) is 0.150. The van der Waals surface area contributed by atoms with E-state index in [0.29, 0.717) is 11.3 Å². The molecule has 10 heteroatoms. The van der Waals surface area contributed by atoms with Crippen LogP contribution in [-0.2, 0) is 16.6 Å². The minimum atomic E-state index is -3.59. The fourth-order valence-electron chi connectivity index (χ4n) is 2.71. The average Bonchev–Trinajstić information content (AvgIpc) is 2.72. The fourth-order valence-corrected chi connectivity index (χ4v) is 3.51. The van der Waals surface area contributed by atoms with Crippen molar-refractivity contribution < 1.29 is 22.0 Å². The van der Waals surface area contributed by atoms with E-state index in [1.807, 2.05) is 0 Å². The summed E-state index contributed by atoms with van der Waals surface area (Å²) in [5.74, 6) is -1.95. The number of hydrogen-bond acceptors (Lipinski definition) is 5. The van der Waals surface area contributed by atoms with Gasteiger partial charge in [0.1, 0.15) is 11.6 Å². The van der Waals surface area contributed by atoms with Gasteiger partial charge in [0.15, 0.2) is 5.82 Å². The van der Waals surface area contributed by atoms with Crippen molar-refractivity contribution in [2.24, 2.45) is 0 Å². The van der Waals surface area contributed by atoms with E-state index in [1.54, 1.807) is 19.1 Å². The Morgan fingerprint density at radius 2 is 1.90 bits per heavy atom. The van der Waals surface area contributed by atoms with Crippen molar-refractivity contribution in [3.8, 4) is 11.4 Å². The van der Waals surface area contributed by atoms with Crippen molar-refractivity contribution in [1.82, 2.24) is 20.0 Å². The summed E-state index contributed by atoms with van der Waals surface area (Å²) in [7, 11) is -2.28. The maximum atomic E-state index is 13.9. The molecule has 0 aliphatic heterocycles. The van der Waals surface area contributed by atoms with E-state index < -0.39 is 27.6 Å². The summed E-state index contributed by atoms with van der Waals surface area (Å²) < 4.78 is 53.0. The highest BCUT2D eigenvalue weighted by atomic mass is 32.2. The summed E-state index contributed by atoms with van der Waals surface area (Å²) in [6, 6.07) is 9.21. The third-order valence-corrected chi connectivity index (χ3v) is 5.74. The van der Waals surface area contributed by atoms with Crippen LogP contribution in [0.2, 0.25) is 0 Å². The van der Waals surface area contributed by atoms with Gasteiger partial charge < -0.3 is 5.32 Å². The Kier molecular flexibility index (Phi) is 6.18. The first-order chi connectivity index (χ1) is 14.2. The number of carbonyl (C=O) groups is 1. The maximum absolute atomic E-state index is 13.9. The second-order valence-corrected chi connectivity index (χ2v) is 8.24. The first-order valence-corrected chi connectivity index (χ1v) is 10.3. The van der Waals surface area contributed by atoms with Crippen molar-refractivity contribution in [3.05, 3.63) is 77.1 Å². The molecule has 7 nitrogen and oxygen atoms in total. The standard InChI is InChI=1S/C20H18F2N4O3S/c1-12-17(11-24-19(26-12)16-7-6-14(21)9-18(16)22)20(27)25-10-13-4-3-5-15(8-13)30(28,29)23-2/h3-9,11,23H,10H2,1-2H3,(H,25,27). The molecule has 0 spiro atoms. The average molecular weight is 432 g/mol. The van der Waals surface area contributed by atoms with Gasteiger partial charge in [0.25, 0.3) is 5.91 Å². The predicted octanol–water partition coefficient (Wildman–Crippen LogP) is 2.57. The summed E-state index contributed by atoms with van der Waals surface area (Å²) in [5.41, 5.74) is 1.10. The highest BCUT2D eigenvalue weighted by molar-refractivity contribution is 7.89. The second-order valence-electron chi connectivity index (χ2n) is 6.35. The number of carbonyl (C=O) groups excluding carboxylic acids is 1. The molecule has 0 radical (unpaired) electrons. The maximum Gasteiger partial charge on any atom is 0.254 e. The Bertz CT molecular complexity index is 1220. The highest BCUT2D eigenvalue weighted by Crippen LogP contribution is 2.21. The number of halogens is 2. The smallest absolute Gasteiger partial charge is 0.254 e. The van der Waals surface area contributed by atoms with Gasteiger partial charge >= 0.3 is 0 Å². The van der Waals surface area contributed by atoms with Crippen LogP contribution >= 0.6 is 0 Å². The van der Waals surface area contributed by atoms with Gasteiger partial charge in [-0.3, -0.25) is 4.79 Å².